The van der Waals surface area contributed by atoms with E-state index in [4.69, 9.17) is 16.0 Å². The lowest BCUT2D eigenvalue weighted by atomic mass is 9.96. The molecule has 8 nitrogen and oxygen atoms in total. The first-order valence-electron chi connectivity index (χ1n) is 9.43. The van der Waals surface area contributed by atoms with Crippen molar-refractivity contribution in [1.29, 1.82) is 10.8 Å². The predicted octanol–water partition coefficient (Wildman–Crippen LogP) is 4.33. The zero-order valence-corrected chi connectivity index (χ0v) is 16.6. The van der Waals surface area contributed by atoms with Crippen LogP contribution in [0.3, 0.4) is 0 Å². The minimum atomic E-state index is -0.573. The van der Waals surface area contributed by atoms with E-state index in [-0.39, 0.29) is 23.8 Å². The van der Waals surface area contributed by atoms with Gasteiger partial charge >= 0.3 is 0 Å². The number of pyridine rings is 2. The van der Waals surface area contributed by atoms with E-state index in [1.807, 2.05) is 12.1 Å². The Hall–Kier alpha value is -4.32. The van der Waals surface area contributed by atoms with Gasteiger partial charge in [0.1, 0.15) is 18.0 Å². The van der Waals surface area contributed by atoms with Crippen LogP contribution in [-0.4, -0.2) is 9.97 Å². The topological polar surface area (TPSA) is 133 Å². The summed E-state index contributed by atoms with van der Waals surface area (Å²) in [5.74, 6) is 0.0195. The molecule has 0 saturated carbocycles. The smallest absolute Gasteiger partial charge is 0.186 e. The number of nitriles is 1. The van der Waals surface area contributed by atoms with Gasteiger partial charge in [0.25, 0.3) is 0 Å². The molecule has 4 N–H and O–H groups in total. The summed E-state index contributed by atoms with van der Waals surface area (Å²) in [6.07, 6.45) is 2.56. The molecule has 3 aromatic rings. The second-order valence-corrected chi connectivity index (χ2v) is 6.91. The minimum absolute atomic E-state index is 0.115. The summed E-state index contributed by atoms with van der Waals surface area (Å²) in [5, 5.41) is 16.0. The van der Waals surface area contributed by atoms with E-state index in [0.29, 0.717) is 28.1 Å². The van der Waals surface area contributed by atoms with E-state index in [2.05, 4.69) is 20.4 Å². The largest absolute Gasteiger partial charge is 0.482 e. The zero-order chi connectivity index (χ0) is 22.0. The van der Waals surface area contributed by atoms with Gasteiger partial charge in [0.2, 0.25) is 0 Å². The van der Waals surface area contributed by atoms with Crippen LogP contribution < -0.4 is 15.8 Å². The number of nitrogens with zero attached hydrogens (tertiary/aromatic N) is 4. The van der Waals surface area contributed by atoms with Crippen molar-refractivity contribution in [1.82, 2.24) is 15.3 Å². The van der Waals surface area contributed by atoms with Crippen LogP contribution in [0.15, 0.2) is 59.6 Å². The Labute approximate surface area is 177 Å². The maximum Gasteiger partial charge on any atom is 0.186 e. The lowest BCUT2D eigenvalue weighted by Gasteiger charge is -2.22. The predicted molar refractivity (Wildman–Crippen MR) is 112 cm³/mol. The van der Waals surface area contributed by atoms with Crippen molar-refractivity contribution < 1.29 is 9.13 Å². The second kappa shape index (κ2) is 8.20. The number of hydrogen-bond donors (Lipinski definition) is 3. The van der Waals surface area contributed by atoms with Crippen LogP contribution in [0.4, 0.5) is 10.2 Å². The molecule has 2 aromatic heterocycles. The third kappa shape index (κ3) is 3.79. The summed E-state index contributed by atoms with van der Waals surface area (Å²) >= 11 is 0. The van der Waals surface area contributed by atoms with Crippen molar-refractivity contribution in [2.75, 3.05) is 5.73 Å². The average Bonchev–Trinajstić information content (AvgIpc) is 2.78. The van der Waals surface area contributed by atoms with Crippen LogP contribution in [0.2, 0.25) is 0 Å². The molecule has 1 aromatic carbocycles. The van der Waals surface area contributed by atoms with Gasteiger partial charge in [-0.05, 0) is 42.8 Å². The lowest BCUT2D eigenvalue weighted by Crippen LogP contribution is -2.17. The van der Waals surface area contributed by atoms with E-state index in [9.17, 15) is 9.65 Å². The number of nitrogens with one attached hydrogen (secondary N) is 2. The Morgan fingerprint density at radius 2 is 2.19 bits per heavy atom. The highest BCUT2D eigenvalue weighted by Crippen LogP contribution is 2.35. The number of aromatic nitrogens is 2. The van der Waals surface area contributed by atoms with Crippen LogP contribution in [0, 0.1) is 22.7 Å². The first-order valence-corrected chi connectivity index (χ1v) is 9.43. The Morgan fingerprint density at radius 1 is 1.35 bits per heavy atom. The molecule has 2 bridgehead atoms. The number of benzene rings is 1. The van der Waals surface area contributed by atoms with Crippen LogP contribution in [0.5, 0.6) is 5.75 Å². The molecule has 9 heteroatoms. The zero-order valence-electron chi connectivity index (χ0n) is 16.6. The standard InChI is InChI=1S/C22H18FN7O/c1-12-17-8-15(23)4-5-16(17)20-13(3-2-6-27-20)10-28-21(18(9-24)30-26)14-7-19(31-12)22(25)29-11-14/h2-8,11-12,26,28H,10H2,1H3,(H2,25,29)/b21-18-,30-26?. The van der Waals surface area contributed by atoms with Crippen LogP contribution >= 0.6 is 0 Å². The molecule has 154 valence electrons. The first kappa shape index (κ1) is 20.0. The van der Waals surface area contributed by atoms with Gasteiger partial charge in [-0.2, -0.15) is 5.26 Å². The number of anilines is 1. The fourth-order valence-corrected chi connectivity index (χ4v) is 3.49. The van der Waals surface area contributed by atoms with Gasteiger partial charge in [-0.15, -0.1) is 5.11 Å². The summed E-state index contributed by atoms with van der Waals surface area (Å²) in [4.78, 5) is 8.68. The van der Waals surface area contributed by atoms with E-state index in [0.717, 1.165) is 5.56 Å². The number of allylic oxidation sites excluding steroid dienone is 1. The molecule has 0 spiro atoms. The molecular formula is C22H18FN7O. The summed E-state index contributed by atoms with van der Waals surface area (Å²) < 4.78 is 20.2. The third-order valence-corrected chi connectivity index (χ3v) is 4.98. The molecule has 4 rings (SSSR count). The van der Waals surface area contributed by atoms with Gasteiger partial charge in [-0.25, -0.2) is 14.9 Å². The Kier molecular flexibility index (Phi) is 5.28. The van der Waals surface area contributed by atoms with Gasteiger partial charge < -0.3 is 15.8 Å². The number of rotatable bonds is 1. The molecule has 0 saturated heterocycles. The molecule has 31 heavy (non-hydrogen) atoms. The Morgan fingerprint density at radius 3 is 2.97 bits per heavy atom. The molecular weight excluding hydrogens is 397 g/mol. The fraction of sp³-hybridized carbons (Fsp3) is 0.136. The molecule has 0 fully saturated rings. The molecule has 3 heterocycles. The van der Waals surface area contributed by atoms with Crippen molar-refractivity contribution in [3.63, 3.8) is 0 Å². The summed E-state index contributed by atoms with van der Waals surface area (Å²) in [7, 11) is 0. The molecule has 0 radical (unpaired) electrons. The van der Waals surface area contributed by atoms with E-state index < -0.39 is 11.9 Å². The quantitative estimate of drug-likeness (QED) is 0.400. The number of nitrogens with two attached hydrogens (primary N) is 1. The number of ether oxygens (including phenoxy) is 1. The number of nitrogen functional groups attached to an aromatic ring is 1. The third-order valence-electron chi connectivity index (χ3n) is 4.98. The monoisotopic (exact) mass is 415 g/mol. The first-order chi connectivity index (χ1) is 15.0. The minimum Gasteiger partial charge on any atom is -0.482 e. The summed E-state index contributed by atoms with van der Waals surface area (Å²) in [6, 6.07) is 11.7. The SMILES string of the molecule is CC1Oc2cc(cnc2N)/C(=C(\C#N)N=N)NCc2cccnc2-c2ccc(F)cc21. The van der Waals surface area contributed by atoms with Crippen molar-refractivity contribution >= 4 is 11.5 Å². The highest BCUT2D eigenvalue weighted by atomic mass is 19.1. The molecule has 0 amide bonds. The van der Waals surface area contributed by atoms with Gasteiger partial charge in [0.15, 0.2) is 17.3 Å². The summed E-state index contributed by atoms with van der Waals surface area (Å²) in [5.41, 5.74) is 16.9. The van der Waals surface area contributed by atoms with E-state index in [1.165, 1.54) is 18.3 Å². The highest BCUT2D eigenvalue weighted by Gasteiger charge is 2.21. The van der Waals surface area contributed by atoms with Gasteiger partial charge in [0, 0.05) is 35.6 Å². The number of halogens is 1. The van der Waals surface area contributed by atoms with Crippen molar-refractivity contribution in [2.24, 2.45) is 5.11 Å². The molecule has 1 atom stereocenters. The molecule has 1 aliphatic heterocycles. The van der Waals surface area contributed by atoms with E-state index >= 15 is 0 Å². The van der Waals surface area contributed by atoms with Gasteiger partial charge in [-0.3, -0.25) is 4.98 Å². The molecule has 0 aliphatic carbocycles. The second-order valence-electron chi connectivity index (χ2n) is 6.91. The molecule has 1 aliphatic rings. The van der Waals surface area contributed by atoms with Crippen LogP contribution in [0.1, 0.15) is 29.7 Å². The lowest BCUT2D eigenvalue weighted by molar-refractivity contribution is 0.227. The van der Waals surface area contributed by atoms with E-state index in [1.54, 1.807) is 31.3 Å². The van der Waals surface area contributed by atoms with Crippen molar-refractivity contribution in [2.45, 2.75) is 19.6 Å². The maximum absolute atomic E-state index is 14.1. The molecule has 1 unspecified atom stereocenters. The maximum atomic E-state index is 14.1. The summed E-state index contributed by atoms with van der Waals surface area (Å²) in [6.45, 7) is 2.07. The average molecular weight is 415 g/mol. The van der Waals surface area contributed by atoms with Gasteiger partial charge in [0.05, 0.1) is 11.4 Å². The Balaban J connectivity index is 1.98. The van der Waals surface area contributed by atoms with Crippen LogP contribution in [-0.2, 0) is 6.54 Å². The highest BCUT2D eigenvalue weighted by molar-refractivity contribution is 5.73. The van der Waals surface area contributed by atoms with Crippen molar-refractivity contribution in [3.8, 4) is 23.1 Å². The van der Waals surface area contributed by atoms with Crippen LogP contribution in [0.25, 0.3) is 17.0 Å². The normalized spacial score (nSPS) is 16.7. The number of hydrogen-bond acceptors (Lipinski definition) is 8. The Bertz CT molecular complexity index is 1250. The number of fused-ring (bicyclic) bond motifs is 5. The van der Waals surface area contributed by atoms with Crippen molar-refractivity contribution in [3.05, 3.63) is 77.0 Å². The fourth-order valence-electron chi connectivity index (χ4n) is 3.49. The van der Waals surface area contributed by atoms with Gasteiger partial charge in [-0.1, -0.05) is 6.07 Å².